The lowest BCUT2D eigenvalue weighted by Gasteiger charge is -2.57. The maximum absolute atomic E-state index is 11.0. The molecule has 0 saturated heterocycles. The molecule has 0 radical (unpaired) electrons. The molecular weight excluding hydrogens is 376 g/mol. The van der Waals surface area contributed by atoms with Gasteiger partial charge in [0.25, 0.3) is 5.91 Å². The maximum Gasteiger partial charge on any atom is 0.255 e. The first kappa shape index (κ1) is 19.8. The molecule has 4 saturated carbocycles. The van der Waals surface area contributed by atoms with Gasteiger partial charge in [-0.15, -0.1) is 0 Å². The van der Waals surface area contributed by atoms with Crippen molar-refractivity contribution in [1.82, 2.24) is 0 Å². The summed E-state index contributed by atoms with van der Waals surface area (Å²) in [5.74, 6) is 3.29. The summed E-state index contributed by atoms with van der Waals surface area (Å²) in [5, 5.41) is 2.92. The number of rotatable bonds is 8. The molecule has 1 amide bonds. The van der Waals surface area contributed by atoms with Gasteiger partial charge < -0.3 is 20.5 Å². The molecule has 0 unspecified atom stereocenters. The minimum Gasteiger partial charge on any atom is -0.493 e. The predicted molar refractivity (Wildman–Crippen MR) is 108 cm³/mol. The van der Waals surface area contributed by atoms with E-state index < -0.39 is 5.91 Å². The molecule has 5 nitrogen and oxygen atoms in total. The van der Waals surface area contributed by atoms with Crippen LogP contribution in [0.4, 0.5) is 0 Å². The Kier molecular flexibility index (Phi) is 5.49. The Hall–Kier alpha value is -1.46. The number of halogens is 1. The number of ether oxygens (including phenoxy) is 2. The molecule has 1 aromatic rings. The zero-order valence-electron chi connectivity index (χ0n) is 16.9. The van der Waals surface area contributed by atoms with E-state index in [0.717, 1.165) is 29.9 Å². The first-order chi connectivity index (χ1) is 13.4. The molecule has 154 valence electrons. The number of carbonyl (C=O) groups is 1. The molecule has 6 heteroatoms. The Labute approximate surface area is 172 Å². The van der Waals surface area contributed by atoms with E-state index in [1.165, 1.54) is 38.5 Å². The average Bonchev–Trinajstić information content (AvgIpc) is 2.63. The molecule has 4 bridgehead atoms. The molecule has 0 heterocycles. The topological polar surface area (TPSA) is 78.2 Å². The number of amides is 1. The Bertz CT molecular complexity index is 716. The molecule has 4 fully saturated rings. The fraction of sp³-hybridized carbons (Fsp3) is 0.682. The van der Waals surface area contributed by atoms with Crippen molar-refractivity contribution in [2.45, 2.75) is 58.0 Å². The second-order valence-electron chi connectivity index (χ2n) is 9.37. The highest BCUT2D eigenvalue weighted by Crippen LogP contribution is 2.60. The van der Waals surface area contributed by atoms with E-state index in [0.29, 0.717) is 28.0 Å². The van der Waals surface area contributed by atoms with Gasteiger partial charge in [0, 0.05) is 11.0 Å². The number of nitrogens with two attached hydrogens (primary N) is 2. The van der Waals surface area contributed by atoms with E-state index in [9.17, 15) is 4.79 Å². The van der Waals surface area contributed by atoms with Gasteiger partial charge in [-0.1, -0.05) is 11.6 Å². The van der Waals surface area contributed by atoms with Crippen molar-refractivity contribution in [3.8, 4) is 11.5 Å². The first-order valence-electron chi connectivity index (χ1n) is 10.5. The minimum absolute atomic E-state index is 0.218. The summed E-state index contributed by atoms with van der Waals surface area (Å²) in [6.45, 7) is 3.05. The van der Waals surface area contributed by atoms with Crippen molar-refractivity contribution >= 4 is 17.5 Å². The quantitative estimate of drug-likeness (QED) is 0.695. The summed E-state index contributed by atoms with van der Waals surface area (Å²) in [6, 6.07) is 4.46. The van der Waals surface area contributed by atoms with Gasteiger partial charge >= 0.3 is 0 Å². The van der Waals surface area contributed by atoms with Gasteiger partial charge in [-0.3, -0.25) is 4.79 Å². The maximum atomic E-state index is 11.0. The number of carbonyl (C=O) groups excluding carboxylic acids is 1. The summed E-state index contributed by atoms with van der Waals surface area (Å²) in [7, 11) is 1.58. The number of methoxy groups -OCH3 is 1. The van der Waals surface area contributed by atoms with Crippen LogP contribution in [-0.4, -0.2) is 25.7 Å². The number of hydrogen-bond acceptors (Lipinski definition) is 3. The Morgan fingerprint density at radius 1 is 1.25 bits per heavy atom. The van der Waals surface area contributed by atoms with E-state index in [1.807, 2.05) is 12.1 Å². The number of hydrogen-bond donors (Lipinski definition) is 2. The predicted octanol–water partition coefficient (Wildman–Crippen LogP) is 2.88. The minimum atomic E-state index is -0.542. The van der Waals surface area contributed by atoms with Gasteiger partial charge in [-0.25, -0.2) is 0 Å². The Balaban J connectivity index is 1.43. The highest BCUT2D eigenvalue weighted by Gasteiger charge is 2.54. The molecular formula is C22H32ClN2O3+. The molecule has 0 aromatic heterocycles. The van der Waals surface area contributed by atoms with Crippen LogP contribution in [0.1, 0.15) is 51.0 Å². The van der Waals surface area contributed by atoms with Gasteiger partial charge in [0.15, 0.2) is 18.1 Å². The largest absolute Gasteiger partial charge is 0.493 e. The molecule has 0 aliphatic heterocycles. The average molecular weight is 408 g/mol. The third-order valence-electron chi connectivity index (χ3n) is 7.41. The summed E-state index contributed by atoms with van der Waals surface area (Å²) >= 11 is 6.40. The van der Waals surface area contributed by atoms with Crippen LogP contribution in [0.2, 0.25) is 5.02 Å². The van der Waals surface area contributed by atoms with E-state index in [1.54, 1.807) is 7.11 Å². The highest BCUT2D eigenvalue weighted by molar-refractivity contribution is 6.32. The van der Waals surface area contributed by atoms with Gasteiger partial charge in [-0.2, -0.15) is 0 Å². The van der Waals surface area contributed by atoms with Crippen molar-refractivity contribution in [2.24, 2.45) is 28.9 Å². The number of primary amides is 1. The normalized spacial score (nSPS) is 31.6. The van der Waals surface area contributed by atoms with Gasteiger partial charge in [-0.05, 0) is 75.3 Å². The van der Waals surface area contributed by atoms with Crippen LogP contribution >= 0.6 is 11.6 Å². The van der Waals surface area contributed by atoms with Gasteiger partial charge in [0.2, 0.25) is 0 Å². The molecule has 4 aliphatic carbocycles. The third-order valence-corrected chi connectivity index (χ3v) is 7.69. The smallest absolute Gasteiger partial charge is 0.255 e. The van der Waals surface area contributed by atoms with E-state index >= 15 is 0 Å². The lowest BCUT2D eigenvalue weighted by molar-refractivity contribution is -0.717. The molecule has 5 rings (SSSR count). The fourth-order valence-corrected chi connectivity index (χ4v) is 6.76. The molecule has 28 heavy (non-hydrogen) atoms. The summed E-state index contributed by atoms with van der Waals surface area (Å²) in [5.41, 5.74) is 6.79. The van der Waals surface area contributed by atoms with Crippen molar-refractivity contribution in [3.63, 3.8) is 0 Å². The van der Waals surface area contributed by atoms with Crippen LogP contribution in [0, 0.1) is 23.2 Å². The van der Waals surface area contributed by atoms with Crippen molar-refractivity contribution < 1.29 is 19.6 Å². The molecule has 0 spiro atoms. The van der Waals surface area contributed by atoms with Gasteiger partial charge in [0.1, 0.15) is 6.54 Å². The second-order valence-corrected chi connectivity index (χ2v) is 9.78. The third kappa shape index (κ3) is 3.84. The van der Waals surface area contributed by atoms with Crippen LogP contribution in [0.3, 0.4) is 0 Å². The van der Waals surface area contributed by atoms with Crippen LogP contribution in [0.15, 0.2) is 12.1 Å². The van der Waals surface area contributed by atoms with Gasteiger partial charge in [0.05, 0.1) is 18.2 Å². The zero-order chi connectivity index (χ0) is 19.9. The lowest BCUT2D eigenvalue weighted by atomic mass is 9.48. The Morgan fingerprint density at radius 2 is 1.86 bits per heavy atom. The number of benzene rings is 1. The fourth-order valence-electron chi connectivity index (χ4n) is 6.47. The van der Waals surface area contributed by atoms with E-state index in [2.05, 4.69) is 12.2 Å². The second kappa shape index (κ2) is 7.75. The SMILES string of the molecule is COc1cc(C[NH2+][C@H](C)C23CC4CC(CC(C4)C2)C3)cc(Cl)c1OCC(N)=O. The van der Waals surface area contributed by atoms with Crippen molar-refractivity contribution in [1.29, 1.82) is 0 Å². The first-order valence-corrected chi connectivity index (χ1v) is 10.9. The van der Waals surface area contributed by atoms with Crippen LogP contribution in [-0.2, 0) is 11.3 Å². The standard InChI is InChI=1S/C22H31ClN2O3/c1-13(22-8-14-3-15(9-22)5-16(4-14)10-22)25-11-17-6-18(23)21(19(7-17)27-2)28-12-20(24)26/h6-7,13-16,25H,3-5,8-12H2,1-2H3,(H2,24,26)/p+1/t13-,14?,15?,16?,22?/m1/s1. The molecule has 1 atom stereocenters. The molecule has 4 aliphatic rings. The highest BCUT2D eigenvalue weighted by atomic mass is 35.5. The monoisotopic (exact) mass is 407 g/mol. The molecule has 4 N–H and O–H groups in total. The lowest BCUT2D eigenvalue weighted by Crippen LogP contribution is -2.91. The summed E-state index contributed by atoms with van der Waals surface area (Å²) in [6.07, 6.45) is 8.69. The zero-order valence-corrected chi connectivity index (χ0v) is 17.6. The summed E-state index contributed by atoms with van der Waals surface area (Å²) in [4.78, 5) is 11.0. The van der Waals surface area contributed by atoms with Crippen LogP contribution in [0.5, 0.6) is 11.5 Å². The van der Waals surface area contributed by atoms with Crippen molar-refractivity contribution in [2.75, 3.05) is 13.7 Å². The van der Waals surface area contributed by atoms with Crippen LogP contribution < -0.4 is 20.5 Å². The Morgan fingerprint density at radius 3 is 2.39 bits per heavy atom. The van der Waals surface area contributed by atoms with E-state index in [4.69, 9.17) is 26.8 Å². The van der Waals surface area contributed by atoms with Crippen molar-refractivity contribution in [3.05, 3.63) is 22.7 Å². The summed E-state index contributed by atoms with van der Waals surface area (Å²) < 4.78 is 10.9. The molecule has 1 aromatic carbocycles. The number of quaternary nitrogens is 1. The van der Waals surface area contributed by atoms with Crippen LogP contribution in [0.25, 0.3) is 0 Å². The van der Waals surface area contributed by atoms with E-state index in [-0.39, 0.29) is 6.61 Å².